The van der Waals surface area contributed by atoms with Gasteiger partial charge in [-0.2, -0.15) is 0 Å². The molecule has 116 valence electrons. The molecular formula is C18H14FNO3. The van der Waals surface area contributed by atoms with Crippen LogP contribution in [-0.4, -0.2) is 15.6 Å². The minimum atomic E-state index is -1.10. The number of aliphatic carboxylic acids is 1. The van der Waals surface area contributed by atoms with Gasteiger partial charge in [-0.1, -0.05) is 24.3 Å². The van der Waals surface area contributed by atoms with E-state index in [-0.39, 0.29) is 16.7 Å². The van der Waals surface area contributed by atoms with Crippen molar-refractivity contribution < 1.29 is 14.3 Å². The molecule has 0 bridgehead atoms. The van der Waals surface area contributed by atoms with Gasteiger partial charge in [0.25, 0.3) is 0 Å². The molecule has 1 aromatic heterocycles. The number of carboxylic acids is 1. The van der Waals surface area contributed by atoms with Gasteiger partial charge in [0.15, 0.2) is 5.43 Å². The van der Waals surface area contributed by atoms with Gasteiger partial charge in [0.05, 0.1) is 17.6 Å². The molecule has 0 spiro atoms. The number of rotatable bonds is 3. The molecule has 2 aromatic carbocycles. The normalized spacial score (nSPS) is 10.9. The highest BCUT2D eigenvalue weighted by Crippen LogP contribution is 2.23. The Hall–Kier alpha value is -2.95. The lowest BCUT2D eigenvalue weighted by Crippen LogP contribution is -2.21. The molecule has 0 unspecified atom stereocenters. The molecule has 5 heteroatoms. The Morgan fingerprint density at radius 3 is 2.48 bits per heavy atom. The van der Waals surface area contributed by atoms with Crippen LogP contribution in [0, 0.1) is 12.7 Å². The van der Waals surface area contributed by atoms with Crippen molar-refractivity contribution >= 4 is 16.9 Å². The van der Waals surface area contributed by atoms with Crippen LogP contribution in [0.1, 0.15) is 11.3 Å². The molecule has 0 saturated carbocycles. The van der Waals surface area contributed by atoms with E-state index < -0.39 is 18.2 Å². The summed E-state index contributed by atoms with van der Waals surface area (Å²) >= 11 is 0. The number of carbonyl (C=O) groups is 1. The highest BCUT2D eigenvalue weighted by molar-refractivity contribution is 5.83. The average molecular weight is 311 g/mol. The first-order valence-corrected chi connectivity index (χ1v) is 7.10. The molecule has 0 saturated heterocycles. The standard InChI is InChI=1S/C18H14FNO3/c1-11-13(10-17(21)22)18(23)12-6-2-4-8-15(12)20(11)16-9-5-3-7-14(16)19/h2-9H,10H2,1H3,(H,21,22). The zero-order valence-electron chi connectivity index (χ0n) is 12.4. The molecule has 0 aliphatic heterocycles. The fraction of sp³-hybridized carbons (Fsp3) is 0.111. The summed E-state index contributed by atoms with van der Waals surface area (Å²) in [5, 5.41) is 9.45. The van der Waals surface area contributed by atoms with Crippen molar-refractivity contribution in [3.8, 4) is 5.69 Å². The fourth-order valence-electron chi connectivity index (χ4n) is 2.81. The number of nitrogens with zero attached hydrogens (tertiary/aromatic N) is 1. The SMILES string of the molecule is Cc1c(CC(=O)O)c(=O)c2ccccc2n1-c1ccccc1F. The predicted molar refractivity (Wildman–Crippen MR) is 85.6 cm³/mol. The van der Waals surface area contributed by atoms with Crippen molar-refractivity contribution in [2.75, 3.05) is 0 Å². The molecule has 0 amide bonds. The lowest BCUT2D eigenvalue weighted by atomic mass is 10.0. The lowest BCUT2D eigenvalue weighted by molar-refractivity contribution is -0.136. The van der Waals surface area contributed by atoms with Crippen LogP contribution in [0.3, 0.4) is 0 Å². The maximum atomic E-state index is 14.3. The van der Waals surface area contributed by atoms with E-state index in [1.165, 1.54) is 6.07 Å². The predicted octanol–water partition coefficient (Wildman–Crippen LogP) is 3.07. The van der Waals surface area contributed by atoms with Crippen LogP contribution >= 0.6 is 0 Å². The summed E-state index contributed by atoms with van der Waals surface area (Å²) in [6.07, 6.45) is -0.399. The summed E-state index contributed by atoms with van der Waals surface area (Å²) in [5.41, 5.74) is 1.11. The second-order valence-electron chi connectivity index (χ2n) is 5.27. The summed E-state index contributed by atoms with van der Waals surface area (Å²) < 4.78 is 15.9. The first kappa shape index (κ1) is 15.0. The largest absolute Gasteiger partial charge is 0.481 e. The van der Waals surface area contributed by atoms with E-state index >= 15 is 0 Å². The third-order valence-electron chi connectivity index (χ3n) is 3.86. The van der Waals surface area contributed by atoms with Crippen molar-refractivity contribution in [1.29, 1.82) is 0 Å². The Morgan fingerprint density at radius 2 is 1.78 bits per heavy atom. The van der Waals surface area contributed by atoms with E-state index in [2.05, 4.69) is 0 Å². The second-order valence-corrected chi connectivity index (χ2v) is 5.27. The molecule has 0 atom stereocenters. The maximum absolute atomic E-state index is 14.3. The Bertz CT molecular complexity index is 976. The third-order valence-corrected chi connectivity index (χ3v) is 3.86. The number of hydrogen-bond donors (Lipinski definition) is 1. The quantitative estimate of drug-likeness (QED) is 0.808. The summed E-state index contributed by atoms with van der Waals surface area (Å²) in [4.78, 5) is 23.7. The number of benzene rings is 2. The number of para-hydroxylation sites is 2. The van der Waals surface area contributed by atoms with Crippen molar-refractivity contribution in [3.63, 3.8) is 0 Å². The van der Waals surface area contributed by atoms with Gasteiger partial charge in [-0.15, -0.1) is 0 Å². The summed E-state index contributed by atoms with van der Waals surface area (Å²) in [7, 11) is 0. The number of hydrogen-bond acceptors (Lipinski definition) is 2. The molecular weight excluding hydrogens is 297 g/mol. The molecule has 0 fully saturated rings. The number of halogens is 1. The zero-order valence-corrected chi connectivity index (χ0v) is 12.4. The first-order valence-electron chi connectivity index (χ1n) is 7.10. The van der Waals surface area contributed by atoms with Gasteiger partial charge in [-0.25, -0.2) is 4.39 Å². The minimum Gasteiger partial charge on any atom is -0.481 e. The topological polar surface area (TPSA) is 59.3 Å². The fourth-order valence-corrected chi connectivity index (χ4v) is 2.81. The summed E-state index contributed by atoms with van der Waals surface area (Å²) in [6.45, 7) is 1.64. The zero-order chi connectivity index (χ0) is 16.6. The third kappa shape index (κ3) is 2.50. The van der Waals surface area contributed by atoms with Gasteiger partial charge in [0.2, 0.25) is 0 Å². The van der Waals surface area contributed by atoms with Gasteiger partial charge in [0.1, 0.15) is 5.82 Å². The molecule has 4 nitrogen and oxygen atoms in total. The molecule has 0 aliphatic carbocycles. The van der Waals surface area contributed by atoms with E-state index in [1.807, 2.05) is 0 Å². The van der Waals surface area contributed by atoms with Gasteiger partial charge in [-0.3, -0.25) is 9.59 Å². The summed E-state index contributed by atoms with van der Waals surface area (Å²) in [6, 6.07) is 13.0. The van der Waals surface area contributed by atoms with Gasteiger partial charge >= 0.3 is 5.97 Å². The van der Waals surface area contributed by atoms with E-state index in [4.69, 9.17) is 5.11 Å². The smallest absolute Gasteiger partial charge is 0.308 e. The molecule has 1 N–H and O–H groups in total. The summed E-state index contributed by atoms with van der Waals surface area (Å²) in [5.74, 6) is -1.54. The number of pyridine rings is 1. The van der Waals surface area contributed by atoms with Crippen LogP contribution < -0.4 is 5.43 Å². The number of fused-ring (bicyclic) bond motifs is 1. The van der Waals surface area contributed by atoms with Crippen molar-refractivity contribution in [1.82, 2.24) is 4.57 Å². The highest BCUT2D eigenvalue weighted by atomic mass is 19.1. The molecule has 23 heavy (non-hydrogen) atoms. The van der Waals surface area contributed by atoms with Crippen LogP contribution in [0.2, 0.25) is 0 Å². The lowest BCUT2D eigenvalue weighted by Gasteiger charge is -2.18. The minimum absolute atomic E-state index is 0.166. The average Bonchev–Trinajstić information content (AvgIpc) is 2.53. The Kier molecular flexibility index (Phi) is 3.70. The van der Waals surface area contributed by atoms with Crippen LogP contribution in [0.5, 0.6) is 0 Å². The van der Waals surface area contributed by atoms with Gasteiger partial charge in [0, 0.05) is 16.6 Å². The van der Waals surface area contributed by atoms with Crippen LogP contribution in [0.25, 0.3) is 16.6 Å². The molecule has 0 aliphatic rings. The molecule has 3 rings (SSSR count). The Labute approximate surface area is 131 Å². The van der Waals surface area contributed by atoms with E-state index in [0.29, 0.717) is 16.6 Å². The monoisotopic (exact) mass is 311 g/mol. The number of carboxylic acid groups (broad SMARTS) is 1. The molecule has 1 heterocycles. The van der Waals surface area contributed by atoms with E-state index in [1.54, 1.807) is 54.0 Å². The molecule has 3 aromatic rings. The van der Waals surface area contributed by atoms with Crippen LogP contribution in [-0.2, 0) is 11.2 Å². The van der Waals surface area contributed by atoms with Crippen molar-refractivity contribution in [3.05, 3.63) is 75.8 Å². The van der Waals surface area contributed by atoms with Gasteiger partial charge < -0.3 is 9.67 Å². The highest BCUT2D eigenvalue weighted by Gasteiger charge is 2.18. The maximum Gasteiger partial charge on any atom is 0.308 e. The first-order chi connectivity index (χ1) is 11.0. The van der Waals surface area contributed by atoms with Crippen molar-refractivity contribution in [2.45, 2.75) is 13.3 Å². The second kappa shape index (κ2) is 5.68. The van der Waals surface area contributed by atoms with Gasteiger partial charge in [-0.05, 0) is 31.2 Å². The van der Waals surface area contributed by atoms with Crippen LogP contribution in [0.15, 0.2) is 53.3 Å². The Balaban J connectivity index is 2.48. The number of aromatic nitrogens is 1. The van der Waals surface area contributed by atoms with Crippen molar-refractivity contribution in [2.24, 2.45) is 0 Å². The Morgan fingerprint density at radius 1 is 1.13 bits per heavy atom. The van der Waals surface area contributed by atoms with E-state index in [0.717, 1.165) is 0 Å². The van der Waals surface area contributed by atoms with E-state index in [9.17, 15) is 14.0 Å². The molecule has 0 radical (unpaired) electrons. The van der Waals surface area contributed by atoms with Crippen LogP contribution in [0.4, 0.5) is 4.39 Å².